The average Bonchev–Trinajstić information content (AvgIpc) is 2.70. The highest BCUT2D eigenvalue weighted by molar-refractivity contribution is 5.95. The van der Waals surface area contributed by atoms with Crippen LogP contribution in [0.5, 0.6) is 0 Å². The summed E-state index contributed by atoms with van der Waals surface area (Å²) in [5, 5.41) is 10.9. The largest absolute Gasteiger partial charge is 0.383 e. The molecule has 0 fully saturated rings. The normalized spacial score (nSPS) is 11.3. The molecule has 8 nitrogen and oxygen atoms in total. The van der Waals surface area contributed by atoms with Gasteiger partial charge in [-0.05, 0) is 37.1 Å². The average molecular weight is 425 g/mol. The number of hydrazine groups is 1. The molecule has 0 spiro atoms. The van der Waals surface area contributed by atoms with Crippen LogP contribution in [-0.2, 0) is 11.3 Å². The molecule has 0 atom stereocenters. The molecule has 8 heteroatoms. The van der Waals surface area contributed by atoms with Crippen molar-refractivity contribution in [2.75, 3.05) is 38.9 Å². The predicted octanol–water partition coefficient (Wildman–Crippen LogP) is 2.93. The van der Waals surface area contributed by atoms with E-state index in [9.17, 15) is 10.1 Å². The number of likely N-dealkylation sites (N-methyl/N-ethyl adjacent to an activating group) is 1. The minimum atomic E-state index is -0.238. The van der Waals surface area contributed by atoms with Gasteiger partial charge in [0.2, 0.25) is 5.82 Å². The van der Waals surface area contributed by atoms with E-state index in [0.717, 1.165) is 18.7 Å². The predicted molar refractivity (Wildman–Crippen MR) is 120 cm³/mol. The summed E-state index contributed by atoms with van der Waals surface area (Å²) in [4.78, 5) is 23.5. The fourth-order valence-corrected chi connectivity index (χ4v) is 2.98. The Kier molecular flexibility index (Phi) is 8.48. The number of carbonyl (C=O) groups excluding carboxylic acids is 1. The van der Waals surface area contributed by atoms with Gasteiger partial charge in [-0.2, -0.15) is 10.2 Å². The Morgan fingerprint density at radius 2 is 1.90 bits per heavy atom. The second kappa shape index (κ2) is 10.8. The number of carbonyl (C=O) groups is 1. The van der Waals surface area contributed by atoms with E-state index in [1.165, 1.54) is 0 Å². The van der Waals surface area contributed by atoms with E-state index in [-0.39, 0.29) is 17.1 Å². The molecule has 1 amide bonds. The fourth-order valence-electron chi connectivity index (χ4n) is 2.98. The quantitative estimate of drug-likeness (QED) is 0.619. The number of ether oxygens (including phenoxy) is 1. The Morgan fingerprint density at radius 3 is 2.48 bits per heavy atom. The summed E-state index contributed by atoms with van der Waals surface area (Å²) in [7, 11) is 3.72. The Bertz CT molecular complexity index is 915. The number of nitrogens with zero attached hydrogens (tertiary/aromatic N) is 5. The zero-order valence-electron chi connectivity index (χ0n) is 19.3. The van der Waals surface area contributed by atoms with E-state index in [4.69, 9.17) is 4.74 Å². The summed E-state index contributed by atoms with van der Waals surface area (Å²) < 4.78 is 5.10. The highest BCUT2D eigenvalue weighted by Crippen LogP contribution is 2.20. The Hall–Kier alpha value is -3.02. The van der Waals surface area contributed by atoms with Gasteiger partial charge in [0, 0.05) is 44.1 Å². The van der Waals surface area contributed by atoms with E-state index in [1.54, 1.807) is 25.1 Å². The second-order valence-corrected chi connectivity index (χ2v) is 8.82. The number of methoxy groups -OCH3 is 1. The molecular formula is C23H32N6O2. The molecule has 0 bridgehead atoms. The summed E-state index contributed by atoms with van der Waals surface area (Å²) >= 11 is 0. The lowest BCUT2D eigenvalue weighted by molar-refractivity contribution is 0.0945. The van der Waals surface area contributed by atoms with Crippen LogP contribution in [0.25, 0.3) is 0 Å². The number of hydrogen-bond acceptors (Lipinski definition) is 7. The van der Waals surface area contributed by atoms with Crippen LogP contribution in [0.1, 0.15) is 48.2 Å². The first-order valence-electron chi connectivity index (χ1n) is 10.2. The monoisotopic (exact) mass is 424 g/mol. The molecule has 2 aromatic rings. The van der Waals surface area contributed by atoms with Gasteiger partial charge >= 0.3 is 0 Å². The van der Waals surface area contributed by atoms with Crippen molar-refractivity contribution in [3.63, 3.8) is 0 Å². The number of aryl methyl sites for hydroxylation is 1. The minimum absolute atomic E-state index is 0.0742. The summed E-state index contributed by atoms with van der Waals surface area (Å²) in [6.45, 7) is 10.8. The molecule has 0 saturated carbocycles. The van der Waals surface area contributed by atoms with Crippen molar-refractivity contribution in [2.45, 2.75) is 34.2 Å². The molecule has 1 heterocycles. The van der Waals surface area contributed by atoms with Crippen molar-refractivity contribution in [1.82, 2.24) is 20.3 Å². The molecular weight excluding hydrogens is 392 g/mol. The van der Waals surface area contributed by atoms with Crippen LogP contribution in [0.2, 0.25) is 0 Å². The molecule has 1 aromatic carbocycles. The third-order valence-corrected chi connectivity index (χ3v) is 4.43. The topological polar surface area (TPSA) is 94.4 Å². The van der Waals surface area contributed by atoms with Crippen molar-refractivity contribution in [1.29, 1.82) is 5.26 Å². The SMILES string of the molecule is COCCN(C)Cc1ccc(C(=O)NN(CC(C)(C)C)c2cc(C)nc(C#N)n2)cc1. The second-order valence-electron chi connectivity index (χ2n) is 8.82. The van der Waals surface area contributed by atoms with Gasteiger partial charge < -0.3 is 4.74 Å². The number of amides is 1. The van der Waals surface area contributed by atoms with E-state index in [0.29, 0.717) is 30.2 Å². The van der Waals surface area contributed by atoms with Gasteiger partial charge in [-0.3, -0.25) is 20.1 Å². The Morgan fingerprint density at radius 1 is 1.23 bits per heavy atom. The van der Waals surface area contributed by atoms with Crippen LogP contribution in [-0.4, -0.2) is 54.6 Å². The first-order chi connectivity index (χ1) is 14.6. The van der Waals surface area contributed by atoms with Crippen molar-refractivity contribution in [3.05, 3.63) is 53.0 Å². The van der Waals surface area contributed by atoms with Gasteiger partial charge in [0.1, 0.15) is 6.07 Å². The molecule has 0 saturated heterocycles. The highest BCUT2D eigenvalue weighted by atomic mass is 16.5. The van der Waals surface area contributed by atoms with Crippen LogP contribution >= 0.6 is 0 Å². The van der Waals surface area contributed by atoms with Crippen LogP contribution < -0.4 is 10.4 Å². The maximum absolute atomic E-state index is 12.9. The molecule has 31 heavy (non-hydrogen) atoms. The molecule has 0 unspecified atom stereocenters. The first-order valence-corrected chi connectivity index (χ1v) is 10.2. The standard InChI is InChI=1S/C23H32N6O2/c1-17-13-21(26-20(14-24)25-17)29(16-23(2,3)4)27-22(30)19-9-7-18(8-10-19)15-28(5)11-12-31-6/h7-10,13H,11-12,15-16H2,1-6H3,(H,27,30). The van der Waals surface area contributed by atoms with Gasteiger partial charge in [-0.15, -0.1) is 0 Å². The van der Waals surface area contributed by atoms with Gasteiger partial charge in [0.05, 0.1) is 6.61 Å². The molecule has 0 radical (unpaired) electrons. The van der Waals surface area contributed by atoms with Crippen molar-refractivity contribution in [2.24, 2.45) is 5.41 Å². The van der Waals surface area contributed by atoms with Crippen LogP contribution in [0, 0.1) is 23.7 Å². The number of hydrogen-bond donors (Lipinski definition) is 1. The van der Waals surface area contributed by atoms with Crippen LogP contribution in [0.3, 0.4) is 0 Å². The minimum Gasteiger partial charge on any atom is -0.383 e. The number of aromatic nitrogens is 2. The number of nitrogens with one attached hydrogen (secondary N) is 1. The van der Waals surface area contributed by atoms with E-state index in [1.807, 2.05) is 37.4 Å². The third-order valence-electron chi connectivity index (χ3n) is 4.43. The van der Waals surface area contributed by atoms with Gasteiger partial charge in [0.25, 0.3) is 5.91 Å². The van der Waals surface area contributed by atoms with Gasteiger partial charge in [-0.25, -0.2) is 4.98 Å². The third kappa shape index (κ3) is 7.96. The molecule has 0 aliphatic heterocycles. The summed E-state index contributed by atoms with van der Waals surface area (Å²) in [6.07, 6.45) is 0. The summed E-state index contributed by atoms with van der Waals surface area (Å²) in [5.41, 5.74) is 5.16. The maximum atomic E-state index is 12.9. The van der Waals surface area contributed by atoms with Crippen molar-refractivity contribution < 1.29 is 9.53 Å². The lowest BCUT2D eigenvalue weighted by atomic mass is 9.96. The molecule has 0 aliphatic rings. The fraction of sp³-hybridized carbons (Fsp3) is 0.478. The molecule has 1 aromatic heterocycles. The van der Waals surface area contributed by atoms with E-state index in [2.05, 4.69) is 41.1 Å². The lowest BCUT2D eigenvalue weighted by Crippen LogP contribution is -2.47. The van der Waals surface area contributed by atoms with Crippen molar-refractivity contribution in [3.8, 4) is 6.07 Å². The Labute approximate surface area is 184 Å². The first kappa shape index (κ1) is 24.3. The lowest BCUT2D eigenvalue weighted by Gasteiger charge is -2.31. The summed E-state index contributed by atoms with van der Waals surface area (Å²) in [6, 6.07) is 11.3. The Balaban J connectivity index is 2.16. The van der Waals surface area contributed by atoms with E-state index >= 15 is 0 Å². The van der Waals surface area contributed by atoms with Crippen LogP contribution in [0.4, 0.5) is 5.82 Å². The highest BCUT2D eigenvalue weighted by Gasteiger charge is 2.21. The van der Waals surface area contributed by atoms with E-state index < -0.39 is 0 Å². The van der Waals surface area contributed by atoms with Crippen LogP contribution in [0.15, 0.2) is 30.3 Å². The molecule has 0 aliphatic carbocycles. The zero-order valence-corrected chi connectivity index (χ0v) is 19.3. The number of rotatable bonds is 9. The number of benzene rings is 1. The number of anilines is 1. The van der Waals surface area contributed by atoms with Gasteiger partial charge in [-0.1, -0.05) is 32.9 Å². The zero-order chi connectivity index (χ0) is 23.0. The molecule has 166 valence electrons. The number of nitriles is 1. The smallest absolute Gasteiger partial charge is 0.269 e. The molecule has 2 rings (SSSR count). The summed E-state index contributed by atoms with van der Waals surface area (Å²) in [5.74, 6) is 0.326. The van der Waals surface area contributed by atoms with Gasteiger partial charge in [0.15, 0.2) is 5.82 Å². The van der Waals surface area contributed by atoms with Crippen molar-refractivity contribution >= 4 is 11.7 Å². The maximum Gasteiger partial charge on any atom is 0.269 e. The molecule has 1 N–H and O–H groups in total.